The summed E-state index contributed by atoms with van der Waals surface area (Å²) in [5.74, 6) is 1.93. The molecule has 0 aromatic heterocycles. The summed E-state index contributed by atoms with van der Waals surface area (Å²) in [6, 6.07) is 8.12. The largest absolute Gasteiger partial charge is 0.497 e. The Morgan fingerprint density at radius 3 is 2.46 bits per heavy atom. The molecule has 1 heterocycles. The fraction of sp³-hybridized carbons (Fsp3) is 0.417. The van der Waals surface area contributed by atoms with Gasteiger partial charge in [0, 0.05) is 12.0 Å². The van der Waals surface area contributed by atoms with E-state index < -0.39 is 5.60 Å². The van der Waals surface area contributed by atoms with Gasteiger partial charge in [0.25, 0.3) is 0 Å². The molecule has 1 unspecified atom stereocenters. The monoisotopic (exact) mass is 352 g/mol. The van der Waals surface area contributed by atoms with Gasteiger partial charge in [0.1, 0.15) is 11.5 Å². The first-order valence-corrected chi connectivity index (χ1v) is 9.69. The molecule has 0 N–H and O–H groups in total. The van der Waals surface area contributed by atoms with E-state index in [4.69, 9.17) is 9.47 Å². The van der Waals surface area contributed by atoms with Crippen LogP contribution in [-0.4, -0.2) is 7.11 Å². The molecule has 1 aliphatic heterocycles. The molecular weight excluding hydrogens is 320 g/mol. The minimum absolute atomic E-state index is 0.623. The first-order valence-electron chi connectivity index (χ1n) is 9.69. The summed E-state index contributed by atoms with van der Waals surface area (Å²) >= 11 is 0. The minimum atomic E-state index is -0.623. The van der Waals surface area contributed by atoms with E-state index in [-0.39, 0.29) is 0 Å². The number of hydrogen-bond donors (Lipinski definition) is 0. The molecule has 0 spiro atoms. The summed E-state index contributed by atoms with van der Waals surface area (Å²) in [4.78, 5) is 0. The van der Waals surface area contributed by atoms with Crippen LogP contribution in [0.5, 0.6) is 5.75 Å². The highest BCUT2D eigenvalue weighted by Gasteiger charge is 2.37. The molecule has 0 saturated heterocycles. The van der Waals surface area contributed by atoms with Crippen molar-refractivity contribution in [2.45, 2.75) is 58.5 Å². The summed E-state index contributed by atoms with van der Waals surface area (Å²) in [5, 5.41) is 0. The molecule has 1 aromatic carbocycles. The van der Waals surface area contributed by atoms with Gasteiger partial charge in [-0.2, -0.15) is 0 Å². The second kappa shape index (κ2) is 9.47. The van der Waals surface area contributed by atoms with Gasteiger partial charge in [-0.05, 0) is 49.1 Å². The minimum Gasteiger partial charge on any atom is -0.497 e. The zero-order chi connectivity index (χ0) is 19.0. The lowest BCUT2D eigenvalue weighted by molar-refractivity contribution is 0.0662. The molecule has 1 aromatic rings. The van der Waals surface area contributed by atoms with Crippen molar-refractivity contribution in [2.75, 3.05) is 7.11 Å². The van der Waals surface area contributed by atoms with Gasteiger partial charge in [-0.25, -0.2) is 0 Å². The third kappa shape index (κ3) is 4.12. The second-order valence-electron chi connectivity index (χ2n) is 6.61. The number of rotatable bonds is 9. The maximum absolute atomic E-state index is 6.68. The third-order valence-electron chi connectivity index (χ3n) is 5.01. The Morgan fingerprint density at radius 2 is 1.92 bits per heavy atom. The molecule has 0 fully saturated rings. The van der Waals surface area contributed by atoms with Crippen molar-refractivity contribution in [1.29, 1.82) is 0 Å². The lowest BCUT2D eigenvalue weighted by atomic mass is 9.82. The van der Waals surface area contributed by atoms with Crippen molar-refractivity contribution >= 4 is 0 Å². The molecule has 26 heavy (non-hydrogen) atoms. The SMILES string of the molecule is C=C/C(=C\C)C1(c2ccc(OC)cc2)C=CC(CCCCC)=C(CC)O1. The molecule has 0 aliphatic carbocycles. The lowest BCUT2D eigenvalue weighted by Crippen LogP contribution is -2.31. The Kier molecular flexibility index (Phi) is 7.32. The molecule has 0 saturated carbocycles. The Balaban J connectivity index is 2.44. The van der Waals surface area contributed by atoms with E-state index in [0.717, 1.165) is 35.5 Å². The maximum atomic E-state index is 6.68. The van der Waals surface area contributed by atoms with E-state index in [1.165, 1.54) is 24.8 Å². The van der Waals surface area contributed by atoms with Crippen LogP contribution in [0.3, 0.4) is 0 Å². The van der Waals surface area contributed by atoms with Gasteiger partial charge in [0.2, 0.25) is 0 Å². The van der Waals surface area contributed by atoms with Gasteiger partial charge in [-0.3, -0.25) is 0 Å². The Labute approximate surface area is 158 Å². The van der Waals surface area contributed by atoms with Crippen LogP contribution in [-0.2, 0) is 10.3 Å². The Bertz CT molecular complexity index is 691. The maximum Gasteiger partial charge on any atom is 0.177 e. The lowest BCUT2D eigenvalue weighted by Gasteiger charge is -2.38. The van der Waals surface area contributed by atoms with Crippen LogP contribution in [0.2, 0.25) is 0 Å². The topological polar surface area (TPSA) is 18.5 Å². The van der Waals surface area contributed by atoms with Crippen LogP contribution in [0.1, 0.15) is 58.4 Å². The van der Waals surface area contributed by atoms with Crippen molar-refractivity contribution in [3.05, 3.63) is 77.6 Å². The third-order valence-corrected chi connectivity index (χ3v) is 5.01. The van der Waals surface area contributed by atoms with E-state index in [0.29, 0.717) is 0 Å². The molecule has 0 bridgehead atoms. The number of hydrogen-bond acceptors (Lipinski definition) is 2. The summed E-state index contributed by atoms with van der Waals surface area (Å²) in [6.45, 7) is 10.5. The van der Waals surface area contributed by atoms with Gasteiger partial charge in [0.05, 0.1) is 7.11 Å². The summed E-state index contributed by atoms with van der Waals surface area (Å²) < 4.78 is 12.0. The first-order chi connectivity index (χ1) is 12.6. The van der Waals surface area contributed by atoms with Crippen molar-refractivity contribution in [1.82, 2.24) is 0 Å². The van der Waals surface area contributed by atoms with E-state index in [9.17, 15) is 0 Å². The van der Waals surface area contributed by atoms with Gasteiger partial charge in [-0.1, -0.05) is 63.6 Å². The highest BCUT2D eigenvalue weighted by molar-refractivity contribution is 5.48. The van der Waals surface area contributed by atoms with E-state index in [1.807, 2.05) is 25.1 Å². The predicted octanol–water partition coefficient (Wildman–Crippen LogP) is 6.85. The number of benzene rings is 1. The molecule has 2 nitrogen and oxygen atoms in total. The summed E-state index contributed by atoms with van der Waals surface area (Å²) in [7, 11) is 1.68. The van der Waals surface area contributed by atoms with Gasteiger partial charge in [0.15, 0.2) is 5.60 Å². The quantitative estimate of drug-likeness (QED) is 0.357. The second-order valence-corrected chi connectivity index (χ2v) is 6.61. The standard InChI is InChI=1S/C24H32O2/c1-6-10-11-12-19-17-18-24(20(7-2)8-3,26-23(19)9-4)21-13-15-22(25-5)16-14-21/h7-8,13-18H,2,6,9-12H2,1,3-5H3/b20-8+. The van der Waals surface area contributed by atoms with Crippen molar-refractivity contribution in [2.24, 2.45) is 0 Å². The molecule has 2 rings (SSSR count). The fourth-order valence-corrected chi connectivity index (χ4v) is 3.49. The molecule has 2 heteroatoms. The van der Waals surface area contributed by atoms with Crippen molar-refractivity contribution in [3.8, 4) is 5.75 Å². The Hall–Kier alpha value is -2.22. The zero-order valence-electron chi connectivity index (χ0n) is 16.7. The molecule has 1 aliphatic rings. The number of allylic oxidation sites excluding steroid dienone is 4. The van der Waals surface area contributed by atoms with E-state index in [2.05, 4.69) is 50.8 Å². The zero-order valence-corrected chi connectivity index (χ0v) is 16.7. The Morgan fingerprint density at radius 1 is 1.19 bits per heavy atom. The van der Waals surface area contributed by atoms with Crippen LogP contribution in [0.15, 0.2) is 72.1 Å². The van der Waals surface area contributed by atoms with E-state index >= 15 is 0 Å². The smallest absolute Gasteiger partial charge is 0.177 e. The predicted molar refractivity (Wildman–Crippen MR) is 110 cm³/mol. The van der Waals surface area contributed by atoms with Crippen LogP contribution >= 0.6 is 0 Å². The molecule has 0 radical (unpaired) electrons. The van der Waals surface area contributed by atoms with Crippen molar-refractivity contribution < 1.29 is 9.47 Å². The summed E-state index contributed by atoms with van der Waals surface area (Å²) in [6.07, 6.45) is 14.1. The molecule has 0 amide bonds. The van der Waals surface area contributed by atoms with Crippen molar-refractivity contribution in [3.63, 3.8) is 0 Å². The molecule has 140 valence electrons. The van der Waals surface area contributed by atoms with Crippen LogP contribution in [0, 0.1) is 0 Å². The average molecular weight is 353 g/mol. The first kappa shape index (κ1) is 20.1. The average Bonchev–Trinajstić information content (AvgIpc) is 2.69. The van der Waals surface area contributed by atoms with Gasteiger partial charge < -0.3 is 9.47 Å². The highest BCUT2D eigenvalue weighted by Crippen LogP contribution is 2.43. The van der Waals surface area contributed by atoms with E-state index in [1.54, 1.807) is 7.11 Å². The normalized spacial score (nSPS) is 20.1. The van der Waals surface area contributed by atoms with Gasteiger partial charge >= 0.3 is 0 Å². The van der Waals surface area contributed by atoms with Crippen LogP contribution in [0.4, 0.5) is 0 Å². The highest BCUT2D eigenvalue weighted by atomic mass is 16.5. The number of methoxy groups -OCH3 is 1. The fourth-order valence-electron chi connectivity index (χ4n) is 3.49. The number of unbranched alkanes of at least 4 members (excludes halogenated alkanes) is 2. The van der Waals surface area contributed by atoms with Gasteiger partial charge in [-0.15, -0.1) is 0 Å². The molecular formula is C24H32O2. The van der Waals surface area contributed by atoms with Crippen LogP contribution in [0.25, 0.3) is 0 Å². The van der Waals surface area contributed by atoms with Crippen LogP contribution < -0.4 is 4.74 Å². The number of ether oxygens (including phenoxy) is 2. The summed E-state index contributed by atoms with van der Waals surface area (Å²) in [5.41, 5.74) is 2.84. The molecule has 1 atom stereocenters.